The third-order valence-electron chi connectivity index (χ3n) is 6.23. The van der Waals surface area contributed by atoms with E-state index in [1.165, 1.54) is 5.56 Å². The predicted molar refractivity (Wildman–Crippen MR) is 120 cm³/mol. The molecule has 0 bridgehead atoms. The van der Waals surface area contributed by atoms with Gasteiger partial charge in [-0.3, -0.25) is 4.79 Å². The van der Waals surface area contributed by atoms with Crippen LogP contribution in [0.15, 0.2) is 47.8 Å². The number of nitriles is 1. The number of likely N-dealkylation sites (tertiary alicyclic amines) is 1. The molecule has 1 aliphatic heterocycles. The Labute approximate surface area is 183 Å². The highest BCUT2D eigenvalue weighted by atomic mass is 32.1. The number of nitrogens with zero attached hydrogens (tertiary/aromatic N) is 2. The molecule has 1 aliphatic rings. The van der Waals surface area contributed by atoms with Crippen molar-refractivity contribution in [3.63, 3.8) is 0 Å². The summed E-state index contributed by atoms with van der Waals surface area (Å²) in [7, 11) is 0. The van der Waals surface area contributed by atoms with Gasteiger partial charge in [-0.15, -0.1) is 11.3 Å². The average Bonchev–Trinajstić information content (AvgIpc) is 3.29. The SMILES string of the molecule is CC(C)C(C#N)(CCC(=O)N1CCC(NCc2ccccc2)C(O)C1)c1cccs1. The van der Waals surface area contributed by atoms with Crippen LogP contribution < -0.4 is 5.32 Å². The van der Waals surface area contributed by atoms with E-state index in [0.29, 0.717) is 32.5 Å². The van der Waals surface area contributed by atoms with Crippen LogP contribution >= 0.6 is 11.3 Å². The first-order valence-corrected chi connectivity index (χ1v) is 11.5. The smallest absolute Gasteiger partial charge is 0.222 e. The fourth-order valence-corrected chi connectivity index (χ4v) is 5.23. The number of thiophene rings is 1. The number of aliphatic hydroxyl groups excluding tert-OH is 1. The summed E-state index contributed by atoms with van der Waals surface area (Å²) in [6, 6.07) is 16.5. The Morgan fingerprint density at radius 2 is 2.10 bits per heavy atom. The van der Waals surface area contributed by atoms with Crippen LogP contribution in [0.5, 0.6) is 0 Å². The minimum atomic E-state index is -0.641. The van der Waals surface area contributed by atoms with Crippen LogP contribution in [0.4, 0.5) is 0 Å². The van der Waals surface area contributed by atoms with Crippen LogP contribution in [-0.4, -0.2) is 41.1 Å². The average molecular weight is 426 g/mol. The van der Waals surface area contributed by atoms with Crippen LogP contribution in [0, 0.1) is 17.2 Å². The van der Waals surface area contributed by atoms with E-state index in [1.54, 1.807) is 16.2 Å². The number of piperidine rings is 1. The van der Waals surface area contributed by atoms with Crippen molar-refractivity contribution < 1.29 is 9.90 Å². The minimum absolute atomic E-state index is 0.0192. The van der Waals surface area contributed by atoms with Gasteiger partial charge in [0.05, 0.1) is 17.6 Å². The molecule has 1 aromatic heterocycles. The number of β-amino-alcohol motifs (C(OH)–C–C–N with tert-alkyl or cyclic N) is 1. The number of carbonyl (C=O) groups is 1. The molecule has 0 radical (unpaired) electrons. The van der Waals surface area contributed by atoms with Gasteiger partial charge in [-0.1, -0.05) is 50.2 Å². The van der Waals surface area contributed by atoms with Gasteiger partial charge < -0.3 is 15.3 Å². The van der Waals surface area contributed by atoms with Crippen molar-refractivity contribution in [2.45, 2.75) is 57.2 Å². The monoisotopic (exact) mass is 425 g/mol. The van der Waals surface area contributed by atoms with E-state index in [9.17, 15) is 15.2 Å². The molecule has 3 atom stereocenters. The quantitative estimate of drug-likeness (QED) is 0.676. The van der Waals surface area contributed by atoms with E-state index in [0.717, 1.165) is 11.3 Å². The second kappa shape index (κ2) is 10.2. The number of rotatable bonds is 8. The zero-order valence-corrected chi connectivity index (χ0v) is 18.6. The fraction of sp³-hybridized carbons (Fsp3) is 0.500. The second-order valence-corrected chi connectivity index (χ2v) is 9.33. The standard InChI is InChI=1S/C24H31N3O2S/c1-18(2)24(17-25,22-9-6-14-30-22)12-10-23(29)27-13-11-20(21(28)16-27)26-15-19-7-4-3-5-8-19/h3-9,14,18,20-21,26,28H,10-13,15-16H2,1-2H3. The number of carbonyl (C=O) groups excluding carboxylic acids is 1. The lowest BCUT2D eigenvalue weighted by Gasteiger charge is -2.37. The third-order valence-corrected chi connectivity index (χ3v) is 7.27. The molecule has 1 saturated heterocycles. The van der Waals surface area contributed by atoms with E-state index in [4.69, 9.17) is 0 Å². The minimum Gasteiger partial charge on any atom is -0.390 e. The molecule has 2 aromatic rings. The van der Waals surface area contributed by atoms with Crippen molar-refractivity contribution in [2.24, 2.45) is 5.92 Å². The lowest BCUT2D eigenvalue weighted by molar-refractivity contribution is -0.135. The van der Waals surface area contributed by atoms with Crippen molar-refractivity contribution in [3.8, 4) is 6.07 Å². The molecule has 0 aliphatic carbocycles. The first-order chi connectivity index (χ1) is 14.5. The molecule has 3 unspecified atom stereocenters. The molecule has 1 aromatic carbocycles. The summed E-state index contributed by atoms with van der Waals surface area (Å²) in [5, 5.41) is 25.9. The fourth-order valence-electron chi connectivity index (χ4n) is 4.17. The number of benzene rings is 1. The summed E-state index contributed by atoms with van der Waals surface area (Å²) >= 11 is 1.58. The second-order valence-electron chi connectivity index (χ2n) is 8.38. The molecule has 30 heavy (non-hydrogen) atoms. The van der Waals surface area contributed by atoms with E-state index < -0.39 is 11.5 Å². The Morgan fingerprint density at radius 1 is 1.33 bits per heavy atom. The molecule has 6 heteroatoms. The van der Waals surface area contributed by atoms with Gasteiger partial charge in [0.15, 0.2) is 0 Å². The molecule has 160 valence electrons. The first kappa shape index (κ1) is 22.5. The van der Waals surface area contributed by atoms with Gasteiger partial charge in [0.25, 0.3) is 0 Å². The lowest BCUT2D eigenvalue weighted by atomic mass is 9.73. The molecule has 2 heterocycles. The van der Waals surface area contributed by atoms with Crippen molar-refractivity contribution >= 4 is 17.2 Å². The lowest BCUT2D eigenvalue weighted by Crippen LogP contribution is -2.54. The molecule has 1 amide bonds. The zero-order valence-electron chi connectivity index (χ0n) is 17.8. The number of hydrogen-bond donors (Lipinski definition) is 2. The van der Waals surface area contributed by atoms with Crippen LogP contribution in [0.1, 0.15) is 43.6 Å². The summed E-state index contributed by atoms with van der Waals surface area (Å²) in [6.45, 7) is 5.76. The summed E-state index contributed by atoms with van der Waals surface area (Å²) in [5.74, 6) is 0.139. The number of amides is 1. The Hall–Kier alpha value is -2.20. The maximum atomic E-state index is 12.9. The largest absolute Gasteiger partial charge is 0.390 e. The third kappa shape index (κ3) is 5.10. The number of aliphatic hydroxyl groups is 1. The van der Waals surface area contributed by atoms with Crippen LogP contribution in [0.3, 0.4) is 0 Å². The molecule has 0 saturated carbocycles. The van der Waals surface area contributed by atoms with Crippen molar-refractivity contribution in [1.29, 1.82) is 5.26 Å². The van der Waals surface area contributed by atoms with Crippen molar-refractivity contribution in [1.82, 2.24) is 10.2 Å². The predicted octanol–water partition coefficient (Wildman–Crippen LogP) is 3.70. The molecule has 0 spiro atoms. The van der Waals surface area contributed by atoms with Gasteiger partial charge >= 0.3 is 0 Å². The molecule has 5 nitrogen and oxygen atoms in total. The van der Waals surface area contributed by atoms with E-state index in [-0.39, 0.29) is 17.9 Å². The summed E-state index contributed by atoms with van der Waals surface area (Å²) < 4.78 is 0. The highest BCUT2D eigenvalue weighted by molar-refractivity contribution is 7.10. The molecule has 3 rings (SSSR count). The molecular weight excluding hydrogens is 394 g/mol. The summed E-state index contributed by atoms with van der Waals surface area (Å²) in [4.78, 5) is 15.6. The molecular formula is C24H31N3O2S. The van der Waals surface area contributed by atoms with E-state index >= 15 is 0 Å². The van der Waals surface area contributed by atoms with Gasteiger partial charge in [0.1, 0.15) is 0 Å². The zero-order chi connectivity index (χ0) is 21.6. The maximum Gasteiger partial charge on any atom is 0.222 e. The topological polar surface area (TPSA) is 76.4 Å². The summed E-state index contributed by atoms with van der Waals surface area (Å²) in [6.07, 6.45) is 0.953. The van der Waals surface area contributed by atoms with Gasteiger partial charge in [0.2, 0.25) is 5.91 Å². The van der Waals surface area contributed by atoms with Crippen LogP contribution in [-0.2, 0) is 16.8 Å². The van der Waals surface area contributed by atoms with Crippen LogP contribution in [0.2, 0.25) is 0 Å². The number of hydrogen-bond acceptors (Lipinski definition) is 5. The van der Waals surface area contributed by atoms with Crippen molar-refractivity contribution in [3.05, 3.63) is 58.3 Å². The van der Waals surface area contributed by atoms with Gasteiger partial charge in [-0.2, -0.15) is 5.26 Å². The molecule has 1 fully saturated rings. The van der Waals surface area contributed by atoms with Gasteiger partial charge in [-0.05, 0) is 35.8 Å². The van der Waals surface area contributed by atoms with Crippen molar-refractivity contribution in [2.75, 3.05) is 13.1 Å². The van der Waals surface area contributed by atoms with E-state index in [2.05, 4.69) is 23.5 Å². The highest BCUT2D eigenvalue weighted by Gasteiger charge is 2.38. The maximum absolute atomic E-state index is 12.9. The normalized spacial score (nSPS) is 21.2. The van der Waals surface area contributed by atoms with Crippen LogP contribution in [0.25, 0.3) is 0 Å². The Balaban J connectivity index is 1.53. The Morgan fingerprint density at radius 3 is 2.70 bits per heavy atom. The van der Waals surface area contributed by atoms with Gasteiger partial charge in [-0.25, -0.2) is 0 Å². The van der Waals surface area contributed by atoms with E-state index in [1.807, 2.05) is 49.6 Å². The highest BCUT2D eigenvalue weighted by Crippen LogP contribution is 2.39. The first-order valence-electron chi connectivity index (χ1n) is 10.6. The van der Waals surface area contributed by atoms with Gasteiger partial charge in [0, 0.05) is 37.0 Å². The number of nitrogens with one attached hydrogen (secondary N) is 1. The molecule has 2 N–H and O–H groups in total. The Bertz CT molecular complexity index is 847. The Kier molecular flexibility index (Phi) is 7.65. The summed E-state index contributed by atoms with van der Waals surface area (Å²) in [5.41, 5.74) is 0.538.